The Bertz CT molecular complexity index is 829. The number of rotatable bonds is 8. The summed E-state index contributed by atoms with van der Waals surface area (Å²) in [5.74, 6) is 1.54. The number of thiazole rings is 1. The number of carbonyl (C=O) groups is 1. The van der Waals surface area contributed by atoms with Gasteiger partial charge >= 0.3 is 5.97 Å². The van der Waals surface area contributed by atoms with E-state index in [9.17, 15) is 4.79 Å². The molecule has 8 heteroatoms. The molecule has 0 saturated heterocycles. The fourth-order valence-corrected chi connectivity index (χ4v) is 2.70. The maximum absolute atomic E-state index is 12.1. The van der Waals surface area contributed by atoms with Gasteiger partial charge in [0.15, 0.2) is 12.4 Å². The van der Waals surface area contributed by atoms with Crippen molar-refractivity contribution in [3.8, 4) is 5.75 Å². The van der Waals surface area contributed by atoms with Crippen molar-refractivity contribution in [2.45, 2.75) is 33.5 Å². The van der Waals surface area contributed by atoms with E-state index in [1.807, 2.05) is 5.38 Å². The molecule has 136 valence electrons. The molecular weight excluding hydrogens is 354 g/mol. The fraction of sp³-hybridized carbons (Fsp3) is 0.333. The number of nitrogens with zero attached hydrogens (tertiary/aromatic N) is 3. The summed E-state index contributed by atoms with van der Waals surface area (Å²) in [6.45, 7) is 4.48. The zero-order valence-electron chi connectivity index (χ0n) is 14.5. The van der Waals surface area contributed by atoms with Gasteiger partial charge in [0.05, 0.1) is 16.8 Å². The van der Waals surface area contributed by atoms with Crippen LogP contribution in [0.15, 0.2) is 39.7 Å². The van der Waals surface area contributed by atoms with E-state index in [1.54, 1.807) is 29.8 Å². The largest absolute Gasteiger partial charge is 0.487 e. The maximum Gasteiger partial charge on any atom is 0.338 e. The van der Waals surface area contributed by atoms with E-state index in [4.69, 9.17) is 14.0 Å². The molecule has 0 atom stereocenters. The smallest absolute Gasteiger partial charge is 0.338 e. The van der Waals surface area contributed by atoms with Crippen molar-refractivity contribution in [2.75, 3.05) is 0 Å². The van der Waals surface area contributed by atoms with Gasteiger partial charge in [-0.2, -0.15) is 4.98 Å². The average Bonchev–Trinajstić information content (AvgIpc) is 3.30. The van der Waals surface area contributed by atoms with Gasteiger partial charge in [-0.1, -0.05) is 19.0 Å². The molecule has 7 nitrogen and oxygen atoms in total. The summed E-state index contributed by atoms with van der Waals surface area (Å²) < 4.78 is 15.9. The van der Waals surface area contributed by atoms with E-state index in [0.29, 0.717) is 29.7 Å². The predicted molar refractivity (Wildman–Crippen MR) is 94.8 cm³/mol. The van der Waals surface area contributed by atoms with Crippen LogP contribution in [0.5, 0.6) is 5.75 Å². The molecule has 2 aromatic heterocycles. The molecule has 0 saturated carbocycles. The minimum atomic E-state index is -0.459. The lowest BCUT2D eigenvalue weighted by Gasteiger charge is -2.06. The lowest BCUT2D eigenvalue weighted by atomic mass is 10.1. The maximum atomic E-state index is 12.1. The topological polar surface area (TPSA) is 87.3 Å². The second-order valence-electron chi connectivity index (χ2n) is 6.07. The number of esters is 1. The van der Waals surface area contributed by atoms with Crippen LogP contribution in [0.4, 0.5) is 0 Å². The summed E-state index contributed by atoms with van der Waals surface area (Å²) in [6, 6.07) is 6.74. The van der Waals surface area contributed by atoms with Crippen molar-refractivity contribution in [1.82, 2.24) is 15.1 Å². The van der Waals surface area contributed by atoms with Gasteiger partial charge in [-0.25, -0.2) is 9.78 Å². The van der Waals surface area contributed by atoms with E-state index in [0.717, 1.165) is 12.1 Å². The Hall–Kier alpha value is -2.74. The third-order valence-corrected chi connectivity index (χ3v) is 4.02. The second-order valence-corrected chi connectivity index (χ2v) is 6.79. The van der Waals surface area contributed by atoms with Crippen LogP contribution in [0, 0.1) is 5.92 Å². The van der Waals surface area contributed by atoms with Crippen LogP contribution in [-0.2, 0) is 24.4 Å². The number of ether oxygens (including phenoxy) is 2. The van der Waals surface area contributed by atoms with Gasteiger partial charge in [-0.05, 0) is 30.2 Å². The number of hydrogen-bond donors (Lipinski definition) is 0. The lowest BCUT2D eigenvalue weighted by Crippen LogP contribution is -2.06. The minimum Gasteiger partial charge on any atom is -0.487 e. The second kappa shape index (κ2) is 8.57. The summed E-state index contributed by atoms with van der Waals surface area (Å²) >= 11 is 1.52. The van der Waals surface area contributed by atoms with Gasteiger partial charge in [0.2, 0.25) is 0 Å². The number of carbonyl (C=O) groups excluding carboxylic acids is 1. The quantitative estimate of drug-likeness (QED) is 0.557. The normalized spacial score (nSPS) is 10.9. The highest BCUT2D eigenvalue weighted by molar-refractivity contribution is 7.07. The number of hydrogen-bond acceptors (Lipinski definition) is 8. The zero-order valence-corrected chi connectivity index (χ0v) is 15.4. The third kappa shape index (κ3) is 5.13. The highest BCUT2D eigenvalue weighted by Gasteiger charge is 2.12. The van der Waals surface area contributed by atoms with Crippen LogP contribution in [0.25, 0.3) is 0 Å². The Kier molecular flexibility index (Phi) is 5.96. The molecule has 0 spiro atoms. The first-order valence-corrected chi connectivity index (χ1v) is 9.13. The van der Waals surface area contributed by atoms with E-state index in [-0.39, 0.29) is 12.5 Å². The minimum absolute atomic E-state index is 0.0496. The molecule has 2 heterocycles. The lowest BCUT2D eigenvalue weighted by molar-refractivity contribution is 0.0430. The first kappa shape index (κ1) is 18.1. The first-order chi connectivity index (χ1) is 12.6. The molecule has 0 aliphatic carbocycles. The van der Waals surface area contributed by atoms with Crippen molar-refractivity contribution >= 4 is 17.3 Å². The molecule has 0 bridgehead atoms. The highest BCUT2D eigenvalue weighted by Crippen LogP contribution is 2.15. The SMILES string of the molecule is CC(C)Cc1noc(COC(=O)c2ccc(OCc3cscn3)cc2)n1. The molecule has 3 aromatic rings. The Morgan fingerprint density at radius 2 is 2.04 bits per heavy atom. The van der Waals surface area contributed by atoms with E-state index in [2.05, 4.69) is 29.0 Å². The summed E-state index contributed by atoms with van der Waals surface area (Å²) in [7, 11) is 0. The zero-order chi connectivity index (χ0) is 18.4. The molecule has 3 rings (SSSR count). The van der Waals surface area contributed by atoms with Crippen LogP contribution in [0.2, 0.25) is 0 Å². The van der Waals surface area contributed by atoms with Crippen molar-refractivity contribution < 1.29 is 18.8 Å². The van der Waals surface area contributed by atoms with Crippen LogP contribution in [0.3, 0.4) is 0 Å². The Morgan fingerprint density at radius 1 is 1.23 bits per heavy atom. The van der Waals surface area contributed by atoms with Crippen LogP contribution < -0.4 is 4.74 Å². The monoisotopic (exact) mass is 373 g/mol. The average molecular weight is 373 g/mol. The van der Waals surface area contributed by atoms with Crippen molar-refractivity contribution in [1.29, 1.82) is 0 Å². The summed E-state index contributed by atoms with van der Waals surface area (Å²) in [5.41, 5.74) is 3.05. The van der Waals surface area contributed by atoms with Gasteiger partial charge in [0.25, 0.3) is 5.89 Å². The van der Waals surface area contributed by atoms with Gasteiger partial charge in [0.1, 0.15) is 12.4 Å². The van der Waals surface area contributed by atoms with Crippen LogP contribution in [0.1, 0.15) is 41.6 Å². The molecule has 0 aliphatic heterocycles. The molecule has 0 amide bonds. The van der Waals surface area contributed by atoms with Gasteiger partial charge in [-0.15, -0.1) is 11.3 Å². The van der Waals surface area contributed by atoms with E-state index in [1.165, 1.54) is 11.3 Å². The van der Waals surface area contributed by atoms with Crippen LogP contribution in [-0.4, -0.2) is 21.1 Å². The van der Waals surface area contributed by atoms with Gasteiger partial charge in [0, 0.05) is 11.8 Å². The predicted octanol–water partition coefficient (Wildman–Crippen LogP) is 3.66. The molecule has 0 unspecified atom stereocenters. The molecule has 0 radical (unpaired) electrons. The fourth-order valence-electron chi connectivity index (χ4n) is 2.16. The Balaban J connectivity index is 1.49. The summed E-state index contributed by atoms with van der Waals surface area (Å²) in [6.07, 6.45) is 0.722. The molecule has 0 fully saturated rings. The molecule has 0 aliphatic rings. The summed E-state index contributed by atoms with van der Waals surface area (Å²) in [4.78, 5) is 20.4. The Labute approximate surface area is 155 Å². The van der Waals surface area contributed by atoms with Gasteiger partial charge < -0.3 is 14.0 Å². The van der Waals surface area contributed by atoms with E-state index >= 15 is 0 Å². The molecule has 26 heavy (non-hydrogen) atoms. The number of benzene rings is 1. The van der Waals surface area contributed by atoms with Crippen molar-refractivity contribution in [3.63, 3.8) is 0 Å². The van der Waals surface area contributed by atoms with E-state index < -0.39 is 5.97 Å². The van der Waals surface area contributed by atoms with Crippen molar-refractivity contribution in [3.05, 3.63) is 58.1 Å². The highest BCUT2D eigenvalue weighted by atomic mass is 32.1. The molecular formula is C18H19N3O4S. The first-order valence-electron chi connectivity index (χ1n) is 8.18. The Morgan fingerprint density at radius 3 is 2.73 bits per heavy atom. The standard InChI is InChI=1S/C18H19N3O4S/c1-12(2)7-16-20-17(25-21-16)9-24-18(22)13-3-5-15(6-4-13)23-8-14-10-26-11-19-14/h3-6,10-12H,7-9H2,1-2H3. The number of aromatic nitrogens is 3. The third-order valence-electron chi connectivity index (χ3n) is 3.39. The molecule has 0 N–H and O–H groups in total. The summed E-state index contributed by atoms with van der Waals surface area (Å²) in [5, 5.41) is 5.79. The molecule has 1 aromatic carbocycles. The van der Waals surface area contributed by atoms with Crippen LogP contribution >= 0.6 is 11.3 Å². The van der Waals surface area contributed by atoms with Crippen molar-refractivity contribution in [2.24, 2.45) is 5.92 Å². The van der Waals surface area contributed by atoms with Gasteiger partial charge in [-0.3, -0.25) is 0 Å².